The lowest BCUT2D eigenvalue weighted by molar-refractivity contribution is -0.134. The molecule has 0 radical (unpaired) electrons. The van der Waals surface area contributed by atoms with Crippen LogP contribution in [0.5, 0.6) is 0 Å². The molecule has 4 nitrogen and oxygen atoms in total. The van der Waals surface area contributed by atoms with Crippen LogP contribution >= 0.6 is 0 Å². The summed E-state index contributed by atoms with van der Waals surface area (Å²) in [6.45, 7) is 1.98. The number of carbonyl (C=O) groups excluding carboxylic acids is 1. The summed E-state index contributed by atoms with van der Waals surface area (Å²) in [5, 5.41) is 0. The molecule has 0 amide bonds. The normalized spacial score (nSPS) is 12.6. The molecule has 0 saturated heterocycles. The van der Waals surface area contributed by atoms with E-state index in [9.17, 15) is 9.18 Å². The summed E-state index contributed by atoms with van der Waals surface area (Å²) < 4.78 is 19.4. The summed E-state index contributed by atoms with van der Waals surface area (Å²) in [5.41, 5.74) is 1.73. The lowest BCUT2D eigenvalue weighted by Crippen LogP contribution is -2.07. The molecule has 5 heteroatoms. The van der Waals surface area contributed by atoms with E-state index in [2.05, 4.69) is 9.72 Å². The van der Waals surface area contributed by atoms with E-state index in [0.29, 0.717) is 0 Å². The van der Waals surface area contributed by atoms with Gasteiger partial charge in [-0.2, -0.15) is 0 Å². The monoisotopic (exact) mass is 274 g/mol. The molecule has 0 spiro atoms. The van der Waals surface area contributed by atoms with Crippen LogP contribution in [0.2, 0.25) is 0 Å². The number of carbonyl (C=O) groups is 1. The Balaban J connectivity index is 2.25. The Morgan fingerprint density at radius 1 is 1.40 bits per heavy atom. The van der Waals surface area contributed by atoms with E-state index in [4.69, 9.17) is 0 Å². The summed E-state index contributed by atoms with van der Waals surface area (Å²) in [5.74, 6) is -0.690. The van der Waals surface area contributed by atoms with Crippen LogP contribution in [0.3, 0.4) is 0 Å². The second-order valence-corrected chi connectivity index (χ2v) is 4.31. The van der Waals surface area contributed by atoms with Crippen LogP contribution in [0, 0.1) is 5.82 Å². The van der Waals surface area contributed by atoms with Gasteiger partial charge < -0.3 is 9.30 Å². The van der Waals surface area contributed by atoms with Crippen LogP contribution < -0.4 is 0 Å². The Kier molecular flexibility index (Phi) is 4.30. The van der Waals surface area contributed by atoms with Crippen molar-refractivity contribution < 1.29 is 13.9 Å². The van der Waals surface area contributed by atoms with Crippen LogP contribution in [0.1, 0.15) is 24.2 Å². The van der Waals surface area contributed by atoms with E-state index < -0.39 is 5.97 Å². The van der Waals surface area contributed by atoms with E-state index >= 15 is 0 Å². The molecule has 1 aromatic carbocycles. The maximum atomic E-state index is 12.9. The number of esters is 1. The highest BCUT2D eigenvalue weighted by molar-refractivity contribution is 5.86. The molecule has 104 valence electrons. The Morgan fingerprint density at radius 2 is 2.10 bits per heavy atom. The van der Waals surface area contributed by atoms with Gasteiger partial charge in [-0.3, -0.25) is 0 Å². The van der Waals surface area contributed by atoms with Crippen molar-refractivity contribution >= 4 is 12.0 Å². The molecule has 0 aliphatic rings. The van der Waals surface area contributed by atoms with Gasteiger partial charge >= 0.3 is 5.97 Å². The second kappa shape index (κ2) is 6.14. The number of nitrogens with zero attached hydrogens (tertiary/aromatic N) is 2. The third-order valence-corrected chi connectivity index (χ3v) is 3.06. The quantitative estimate of drug-likeness (QED) is 0.636. The van der Waals surface area contributed by atoms with Gasteiger partial charge in [-0.25, -0.2) is 14.2 Å². The maximum Gasteiger partial charge on any atom is 0.330 e. The van der Waals surface area contributed by atoms with Crippen molar-refractivity contribution in [2.45, 2.75) is 13.0 Å². The molecule has 0 N–H and O–H groups in total. The molecule has 1 unspecified atom stereocenters. The first-order valence-electron chi connectivity index (χ1n) is 6.15. The van der Waals surface area contributed by atoms with E-state index in [1.807, 2.05) is 11.5 Å². The van der Waals surface area contributed by atoms with Gasteiger partial charge in [0.1, 0.15) is 5.82 Å². The first-order valence-corrected chi connectivity index (χ1v) is 6.15. The summed E-state index contributed by atoms with van der Waals surface area (Å²) in [6, 6.07) is 6.29. The number of halogens is 1. The third kappa shape index (κ3) is 3.12. The highest BCUT2D eigenvalue weighted by Crippen LogP contribution is 2.20. The van der Waals surface area contributed by atoms with Gasteiger partial charge in [0, 0.05) is 6.08 Å². The number of hydrogen-bond donors (Lipinski definition) is 0. The van der Waals surface area contributed by atoms with Gasteiger partial charge in [0.25, 0.3) is 0 Å². The molecule has 2 aromatic rings. The van der Waals surface area contributed by atoms with Crippen LogP contribution in [0.15, 0.2) is 42.9 Å². The van der Waals surface area contributed by atoms with E-state index in [-0.39, 0.29) is 11.9 Å². The predicted octanol–water partition coefficient (Wildman–Crippen LogP) is 2.82. The van der Waals surface area contributed by atoms with Gasteiger partial charge in [-0.15, -0.1) is 0 Å². The number of ether oxygens (including phenoxy) is 1. The molecular weight excluding hydrogens is 259 g/mol. The second-order valence-electron chi connectivity index (χ2n) is 4.31. The highest BCUT2D eigenvalue weighted by atomic mass is 19.1. The molecule has 0 aliphatic heterocycles. The minimum absolute atomic E-state index is 0.0182. The molecule has 1 heterocycles. The minimum atomic E-state index is -0.424. The van der Waals surface area contributed by atoms with E-state index in [1.165, 1.54) is 25.3 Å². The number of benzene rings is 1. The van der Waals surface area contributed by atoms with E-state index in [1.54, 1.807) is 30.7 Å². The molecule has 0 aliphatic carbocycles. The Bertz CT molecular complexity index is 617. The van der Waals surface area contributed by atoms with Crippen molar-refractivity contribution in [3.63, 3.8) is 0 Å². The van der Waals surface area contributed by atoms with Crippen molar-refractivity contribution in [1.29, 1.82) is 0 Å². The standard InChI is InChI=1S/C15H15FN2O2/c1-11(12-3-5-13(16)6-4-12)18-10-17-9-14(18)7-8-15(19)20-2/h3-11H,1-2H3. The number of rotatable bonds is 4. The molecule has 0 saturated carbocycles. The van der Waals surface area contributed by atoms with Crippen molar-refractivity contribution in [2.24, 2.45) is 0 Å². The minimum Gasteiger partial charge on any atom is -0.466 e. The number of hydrogen-bond acceptors (Lipinski definition) is 3. The number of methoxy groups -OCH3 is 1. The molecular formula is C15H15FN2O2. The largest absolute Gasteiger partial charge is 0.466 e. The maximum absolute atomic E-state index is 12.9. The van der Waals surface area contributed by atoms with Crippen LogP contribution in [-0.2, 0) is 9.53 Å². The molecule has 1 aromatic heterocycles. The first kappa shape index (κ1) is 14.0. The zero-order chi connectivity index (χ0) is 14.5. The SMILES string of the molecule is COC(=O)C=Cc1cncn1C(C)c1ccc(F)cc1. The smallest absolute Gasteiger partial charge is 0.330 e. The summed E-state index contributed by atoms with van der Waals surface area (Å²) in [7, 11) is 1.32. The van der Waals surface area contributed by atoms with E-state index in [0.717, 1.165) is 11.3 Å². The zero-order valence-electron chi connectivity index (χ0n) is 11.3. The topological polar surface area (TPSA) is 44.1 Å². The fourth-order valence-electron chi connectivity index (χ4n) is 1.89. The lowest BCUT2D eigenvalue weighted by Gasteiger charge is -2.15. The van der Waals surface area contributed by atoms with Gasteiger partial charge in [-0.05, 0) is 30.7 Å². The molecule has 2 rings (SSSR count). The van der Waals surface area contributed by atoms with Gasteiger partial charge in [0.2, 0.25) is 0 Å². The Morgan fingerprint density at radius 3 is 2.75 bits per heavy atom. The predicted molar refractivity (Wildman–Crippen MR) is 73.5 cm³/mol. The van der Waals surface area contributed by atoms with Crippen LogP contribution in [-0.4, -0.2) is 22.6 Å². The van der Waals surface area contributed by atoms with Crippen molar-refractivity contribution in [3.8, 4) is 0 Å². The highest BCUT2D eigenvalue weighted by Gasteiger charge is 2.10. The Labute approximate surface area is 116 Å². The molecule has 0 fully saturated rings. The van der Waals surface area contributed by atoms with Crippen LogP contribution in [0.25, 0.3) is 6.08 Å². The summed E-state index contributed by atoms with van der Waals surface area (Å²) in [4.78, 5) is 15.2. The summed E-state index contributed by atoms with van der Waals surface area (Å²) in [6.07, 6.45) is 6.30. The van der Waals surface area contributed by atoms with Gasteiger partial charge in [-0.1, -0.05) is 12.1 Å². The Hall–Kier alpha value is -2.43. The molecule has 20 heavy (non-hydrogen) atoms. The third-order valence-electron chi connectivity index (χ3n) is 3.06. The average Bonchev–Trinajstić information content (AvgIpc) is 2.93. The fourth-order valence-corrected chi connectivity index (χ4v) is 1.89. The van der Waals surface area contributed by atoms with Crippen molar-refractivity contribution in [1.82, 2.24) is 9.55 Å². The zero-order valence-corrected chi connectivity index (χ0v) is 11.3. The number of aromatic nitrogens is 2. The molecule has 1 atom stereocenters. The van der Waals surface area contributed by atoms with Crippen molar-refractivity contribution in [3.05, 3.63) is 59.9 Å². The van der Waals surface area contributed by atoms with Crippen LogP contribution in [0.4, 0.5) is 4.39 Å². The lowest BCUT2D eigenvalue weighted by atomic mass is 10.1. The fraction of sp³-hybridized carbons (Fsp3) is 0.200. The first-order chi connectivity index (χ1) is 9.61. The van der Waals surface area contributed by atoms with Crippen molar-refractivity contribution in [2.75, 3.05) is 7.11 Å². The molecule has 0 bridgehead atoms. The average molecular weight is 274 g/mol. The van der Waals surface area contributed by atoms with Gasteiger partial charge in [0.15, 0.2) is 0 Å². The summed E-state index contributed by atoms with van der Waals surface area (Å²) >= 11 is 0. The van der Waals surface area contributed by atoms with Gasteiger partial charge in [0.05, 0.1) is 31.4 Å². The number of imidazole rings is 1.